The van der Waals surface area contributed by atoms with Gasteiger partial charge in [-0.1, -0.05) is 0 Å². The van der Waals surface area contributed by atoms with Crippen molar-refractivity contribution >= 4 is 11.7 Å². The molecule has 0 saturated heterocycles. The first-order valence-electron chi connectivity index (χ1n) is 8.17. The van der Waals surface area contributed by atoms with Gasteiger partial charge in [-0.2, -0.15) is 13.2 Å². The molecule has 1 N–H and O–H groups in total. The van der Waals surface area contributed by atoms with Crippen molar-refractivity contribution in [2.45, 2.75) is 51.4 Å². The van der Waals surface area contributed by atoms with Gasteiger partial charge in [-0.05, 0) is 25.0 Å². The molecule has 2 heterocycles. The number of aliphatic hydroxyl groups excluding tert-OH is 1. The maximum Gasteiger partial charge on any atom is 0.417 e. The van der Waals surface area contributed by atoms with Gasteiger partial charge in [0.15, 0.2) is 0 Å². The number of rotatable bonds is 2. The van der Waals surface area contributed by atoms with Crippen LogP contribution in [0.25, 0.3) is 0 Å². The van der Waals surface area contributed by atoms with E-state index in [2.05, 4.69) is 4.98 Å². The molecule has 1 amide bonds. The number of fused-ring (bicyclic) bond motifs is 1. The lowest BCUT2D eigenvalue weighted by Gasteiger charge is -2.38. The van der Waals surface area contributed by atoms with Crippen LogP contribution in [0.15, 0.2) is 12.3 Å². The predicted molar refractivity (Wildman–Crippen MR) is 81.3 cm³/mol. The molecule has 2 atom stereocenters. The number of ketones is 1. The fraction of sp³-hybridized carbons (Fsp3) is 0.588. The third kappa shape index (κ3) is 3.15. The van der Waals surface area contributed by atoms with Gasteiger partial charge in [0.1, 0.15) is 5.78 Å². The highest BCUT2D eigenvalue weighted by Gasteiger charge is 2.50. The smallest absolute Gasteiger partial charge is 0.392 e. The summed E-state index contributed by atoms with van der Waals surface area (Å²) in [6.45, 7) is 1.80. The molecular formula is C17H19F3N2O3. The van der Waals surface area contributed by atoms with E-state index in [0.717, 1.165) is 12.3 Å². The molecule has 0 spiro atoms. The van der Waals surface area contributed by atoms with Crippen molar-refractivity contribution in [2.75, 3.05) is 6.54 Å². The molecule has 0 radical (unpaired) electrons. The minimum atomic E-state index is -4.49. The fourth-order valence-electron chi connectivity index (χ4n) is 3.68. The maximum atomic E-state index is 13.0. The topological polar surface area (TPSA) is 70.5 Å². The van der Waals surface area contributed by atoms with E-state index in [1.54, 1.807) is 0 Å². The van der Waals surface area contributed by atoms with Gasteiger partial charge in [0.2, 0.25) is 5.91 Å². The number of alkyl halides is 3. The van der Waals surface area contributed by atoms with Crippen molar-refractivity contribution in [3.63, 3.8) is 0 Å². The number of hydrogen-bond acceptors (Lipinski definition) is 4. The number of carbonyl (C=O) groups is 2. The summed E-state index contributed by atoms with van der Waals surface area (Å²) in [5, 5.41) is 10.1. The number of hydrogen-bond donors (Lipinski definition) is 1. The summed E-state index contributed by atoms with van der Waals surface area (Å²) in [5.41, 5.74) is -1.10. The van der Waals surface area contributed by atoms with Gasteiger partial charge in [0, 0.05) is 44.2 Å². The number of nitrogens with zero attached hydrogens (tertiary/aromatic N) is 2. The van der Waals surface area contributed by atoms with E-state index in [1.165, 1.54) is 11.8 Å². The molecule has 25 heavy (non-hydrogen) atoms. The molecule has 1 aliphatic heterocycles. The Morgan fingerprint density at radius 2 is 2.12 bits per heavy atom. The van der Waals surface area contributed by atoms with Crippen molar-refractivity contribution in [3.05, 3.63) is 29.1 Å². The zero-order chi connectivity index (χ0) is 18.4. The summed E-state index contributed by atoms with van der Waals surface area (Å²) in [6.07, 6.45) is -3.84. The second-order valence-electron chi connectivity index (χ2n) is 6.85. The molecule has 1 aromatic rings. The molecule has 1 aromatic heterocycles. The molecule has 1 unspecified atom stereocenters. The Morgan fingerprint density at radius 3 is 2.68 bits per heavy atom. The average molecular weight is 356 g/mol. The van der Waals surface area contributed by atoms with Crippen LogP contribution < -0.4 is 0 Å². The normalized spacial score (nSPS) is 25.0. The largest absolute Gasteiger partial charge is 0.417 e. The van der Waals surface area contributed by atoms with Crippen molar-refractivity contribution in [3.8, 4) is 0 Å². The lowest BCUT2D eigenvalue weighted by atomic mass is 9.79. The van der Waals surface area contributed by atoms with Crippen LogP contribution in [0.4, 0.5) is 13.2 Å². The molecule has 136 valence electrons. The first-order valence-corrected chi connectivity index (χ1v) is 8.17. The first-order chi connectivity index (χ1) is 11.6. The Hall–Kier alpha value is -1.96. The van der Waals surface area contributed by atoms with Gasteiger partial charge in [0.05, 0.1) is 17.1 Å². The second-order valence-corrected chi connectivity index (χ2v) is 6.85. The van der Waals surface area contributed by atoms with Crippen LogP contribution in [0.2, 0.25) is 0 Å². The van der Waals surface area contributed by atoms with Gasteiger partial charge >= 0.3 is 6.18 Å². The van der Waals surface area contributed by atoms with Crippen LogP contribution in [-0.4, -0.2) is 39.3 Å². The van der Waals surface area contributed by atoms with E-state index in [0.29, 0.717) is 24.2 Å². The molecule has 3 rings (SSSR count). The quantitative estimate of drug-likeness (QED) is 0.881. The summed E-state index contributed by atoms with van der Waals surface area (Å²) in [4.78, 5) is 30.0. The molecule has 5 nitrogen and oxygen atoms in total. The SMILES string of the molecule is CC(O)[C@]1(C(=O)N2CCc3ncc(C(F)(F)F)cc3C2)CCC(=O)C1. The van der Waals surface area contributed by atoms with Gasteiger partial charge in [-0.3, -0.25) is 14.6 Å². The number of pyridine rings is 1. The molecule has 1 aliphatic carbocycles. The average Bonchev–Trinajstić information content (AvgIpc) is 2.95. The highest BCUT2D eigenvalue weighted by Crippen LogP contribution is 2.42. The minimum absolute atomic E-state index is 0.00769. The summed E-state index contributed by atoms with van der Waals surface area (Å²) in [7, 11) is 0. The highest BCUT2D eigenvalue weighted by molar-refractivity contribution is 5.93. The monoisotopic (exact) mass is 356 g/mol. The van der Waals surface area contributed by atoms with Crippen LogP contribution in [0.1, 0.15) is 43.0 Å². The van der Waals surface area contributed by atoms with E-state index in [4.69, 9.17) is 0 Å². The Bertz CT molecular complexity index is 718. The number of carbonyl (C=O) groups excluding carboxylic acids is 2. The van der Waals surface area contributed by atoms with E-state index < -0.39 is 23.3 Å². The minimum Gasteiger partial charge on any atom is -0.392 e. The van der Waals surface area contributed by atoms with Crippen molar-refractivity contribution < 1.29 is 27.9 Å². The van der Waals surface area contributed by atoms with Crippen LogP contribution in [0.5, 0.6) is 0 Å². The van der Waals surface area contributed by atoms with Crippen LogP contribution >= 0.6 is 0 Å². The van der Waals surface area contributed by atoms with Gasteiger partial charge in [0.25, 0.3) is 0 Å². The summed E-state index contributed by atoms with van der Waals surface area (Å²) in [5.74, 6) is -0.441. The molecule has 1 fully saturated rings. The number of Topliss-reactive ketones (excluding diaryl/α,β-unsaturated/α-hetero) is 1. The van der Waals surface area contributed by atoms with E-state index in [1.807, 2.05) is 0 Å². The summed E-state index contributed by atoms with van der Waals surface area (Å²) in [6, 6.07) is 1.02. The fourth-order valence-corrected chi connectivity index (χ4v) is 3.68. The zero-order valence-corrected chi connectivity index (χ0v) is 13.8. The summed E-state index contributed by atoms with van der Waals surface area (Å²) >= 11 is 0. The van der Waals surface area contributed by atoms with Crippen molar-refractivity contribution in [1.29, 1.82) is 0 Å². The summed E-state index contributed by atoms with van der Waals surface area (Å²) < 4.78 is 38.6. The van der Waals surface area contributed by atoms with Crippen LogP contribution in [0.3, 0.4) is 0 Å². The Labute approximate surface area is 142 Å². The van der Waals surface area contributed by atoms with Crippen LogP contribution in [0, 0.1) is 5.41 Å². The Kier molecular flexibility index (Phi) is 4.35. The van der Waals surface area contributed by atoms with E-state index >= 15 is 0 Å². The molecule has 0 bridgehead atoms. The van der Waals surface area contributed by atoms with Gasteiger partial charge < -0.3 is 10.0 Å². The number of aliphatic hydroxyl groups is 1. The standard InChI is InChI=1S/C17H19F3N2O3/c1-10(23)16(4-2-13(24)7-16)15(25)22-5-3-14-11(9-22)6-12(8-21-14)17(18,19)20/h6,8,10,23H,2-5,7,9H2,1H3/t10?,16-/m0/s1. The Morgan fingerprint density at radius 1 is 1.40 bits per heavy atom. The second kappa shape index (κ2) is 6.09. The lowest BCUT2D eigenvalue weighted by Crippen LogP contribution is -2.50. The number of aromatic nitrogens is 1. The zero-order valence-electron chi connectivity index (χ0n) is 13.8. The molecule has 1 saturated carbocycles. The number of amides is 1. The molecular weight excluding hydrogens is 337 g/mol. The maximum absolute atomic E-state index is 13.0. The van der Waals surface area contributed by atoms with Gasteiger partial charge in [-0.25, -0.2) is 0 Å². The molecule has 8 heteroatoms. The molecule has 0 aromatic carbocycles. The van der Waals surface area contributed by atoms with Crippen molar-refractivity contribution in [2.24, 2.45) is 5.41 Å². The third-order valence-electron chi connectivity index (χ3n) is 5.24. The van der Waals surface area contributed by atoms with Gasteiger partial charge in [-0.15, -0.1) is 0 Å². The van der Waals surface area contributed by atoms with Crippen LogP contribution in [-0.2, 0) is 28.7 Å². The van der Waals surface area contributed by atoms with Crippen molar-refractivity contribution in [1.82, 2.24) is 9.88 Å². The third-order valence-corrected chi connectivity index (χ3v) is 5.24. The van der Waals surface area contributed by atoms with E-state index in [-0.39, 0.29) is 37.5 Å². The van der Waals surface area contributed by atoms with E-state index in [9.17, 15) is 27.9 Å². The highest BCUT2D eigenvalue weighted by atomic mass is 19.4. The Balaban J connectivity index is 1.86. The lowest BCUT2D eigenvalue weighted by molar-refractivity contribution is -0.150. The molecule has 2 aliphatic rings. The number of halogens is 3. The first kappa shape index (κ1) is 17.8. The predicted octanol–water partition coefficient (Wildman–Crippen LogP) is 2.11.